The van der Waals surface area contributed by atoms with Gasteiger partial charge in [-0.1, -0.05) is 30.3 Å². The van der Waals surface area contributed by atoms with Gasteiger partial charge in [0, 0.05) is 6.42 Å². The van der Waals surface area contributed by atoms with Crippen LogP contribution in [0.15, 0.2) is 30.3 Å². The van der Waals surface area contributed by atoms with Gasteiger partial charge in [-0.25, -0.2) is 4.39 Å². The number of benzene rings is 1. The highest BCUT2D eigenvalue weighted by atomic mass is 19.1. The summed E-state index contributed by atoms with van der Waals surface area (Å²) in [7, 11) is 0. The number of ether oxygens (including phenoxy) is 2. The van der Waals surface area contributed by atoms with Gasteiger partial charge in [0.2, 0.25) is 0 Å². The molecule has 3 heteroatoms. The highest BCUT2D eigenvalue weighted by molar-refractivity contribution is 5.13. The van der Waals surface area contributed by atoms with Crippen LogP contribution in [0.4, 0.5) is 4.39 Å². The van der Waals surface area contributed by atoms with E-state index in [9.17, 15) is 4.39 Å². The van der Waals surface area contributed by atoms with Crippen molar-refractivity contribution >= 4 is 0 Å². The molecule has 0 saturated carbocycles. The summed E-state index contributed by atoms with van der Waals surface area (Å²) >= 11 is 0. The zero-order chi connectivity index (χ0) is 10.6. The van der Waals surface area contributed by atoms with E-state index in [1.807, 2.05) is 30.3 Å². The molecule has 2 nitrogen and oxygen atoms in total. The maximum absolute atomic E-state index is 13.4. The Morgan fingerprint density at radius 2 is 2.00 bits per heavy atom. The van der Waals surface area contributed by atoms with Gasteiger partial charge in [-0.15, -0.1) is 0 Å². The number of halogens is 1. The topological polar surface area (TPSA) is 18.5 Å². The van der Waals surface area contributed by atoms with Crippen LogP contribution in [0.25, 0.3) is 0 Å². The fourth-order valence-corrected chi connectivity index (χ4v) is 1.49. The van der Waals surface area contributed by atoms with E-state index in [-0.39, 0.29) is 13.2 Å². The summed E-state index contributed by atoms with van der Waals surface area (Å²) in [6.45, 7) is 1.45. The Kier molecular flexibility index (Phi) is 3.34. The molecule has 0 bridgehead atoms. The lowest BCUT2D eigenvalue weighted by Crippen LogP contribution is -2.46. The first-order valence-corrected chi connectivity index (χ1v) is 5.17. The molecule has 1 aromatic rings. The van der Waals surface area contributed by atoms with E-state index < -0.39 is 5.67 Å². The van der Waals surface area contributed by atoms with Crippen LogP contribution in [0.1, 0.15) is 12.0 Å². The molecule has 1 aliphatic rings. The summed E-state index contributed by atoms with van der Waals surface area (Å²) in [5, 5.41) is 0. The number of alkyl halides is 1. The average Bonchev–Trinajstić information content (AvgIpc) is 2.23. The Balaban J connectivity index is 1.63. The molecule has 1 saturated heterocycles. The molecule has 0 radical (unpaired) electrons. The average molecular weight is 210 g/mol. The Hall–Kier alpha value is -0.930. The third kappa shape index (κ3) is 3.01. The molecule has 0 spiro atoms. The first-order chi connectivity index (χ1) is 7.29. The number of rotatable bonds is 5. The van der Waals surface area contributed by atoms with E-state index in [0.717, 1.165) is 5.56 Å². The van der Waals surface area contributed by atoms with E-state index in [1.54, 1.807) is 0 Å². The van der Waals surface area contributed by atoms with Crippen molar-refractivity contribution in [3.63, 3.8) is 0 Å². The van der Waals surface area contributed by atoms with Crippen LogP contribution in [-0.4, -0.2) is 25.5 Å². The van der Waals surface area contributed by atoms with Crippen LogP contribution in [0.2, 0.25) is 0 Å². The molecular weight excluding hydrogens is 195 g/mol. The summed E-state index contributed by atoms with van der Waals surface area (Å²) in [6.07, 6.45) is 0.430. The van der Waals surface area contributed by atoms with Gasteiger partial charge >= 0.3 is 0 Å². The first-order valence-electron chi connectivity index (χ1n) is 5.17. The van der Waals surface area contributed by atoms with Gasteiger partial charge in [0.15, 0.2) is 5.67 Å². The Morgan fingerprint density at radius 1 is 1.27 bits per heavy atom. The molecule has 0 amide bonds. The Bertz CT molecular complexity index is 296. The molecule has 1 fully saturated rings. The summed E-state index contributed by atoms with van der Waals surface area (Å²) < 4.78 is 23.6. The maximum atomic E-state index is 13.4. The lowest BCUT2D eigenvalue weighted by atomic mass is 10.0. The van der Waals surface area contributed by atoms with Crippen LogP contribution in [-0.2, 0) is 16.1 Å². The van der Waals surface area contributed by atoms with Gasteiger partial charge < -0.3 is 9.47 Å². The fourth-order valence-electron chi connectivity index (χ4n) is 1.49. The summed E-state index contributed by atoms with van der Waals surface area (Å²) in [5.74, 6) is 0. The van der Waals surface area contributed by atoms with Crippen molar-refractivity contribution in [2.75, 3.05) is 19.8 Å². The van der Waals surface area contributed by atoms with Crippen LogP contribution in [0.3, 0.4) is 0 Å². The smallest absolute Gasteiger partial charge is 0.159 e. The molecule has 0 aromatic heterocycles. The van der Waals surface area contributed by atoms with Crippen LogP contribution in [0, 0.1) is 0 Å². The zero-order valence-electron chi connectivity index (χ0n) is 8.62. The maximum Gasteiger partial charge on any atom is 0.159 e. The summed E-state index contributed by atoms with van der Waals surface area (Å²) in [4.78, 5) is 0. The zero-order valence-corrected chi connectivity index (χ0v) is 8.62. The summed E-state index contributed by atoms with van der Waals surface area (Å²) in [5.41, 5.74) is -0.00767. The van der Waals surface area contributed by atoms with E-state index in [1.165, 1.54) is 0 Å². The molecule has 0 aliphatic carbocycles. The van der Waals surface area contributed by atoms with Crippen molar-refractivity contribution in [2.24, 2.45) is 0 Å². The molecule has 0 unspecified atom stereocenters. The summed E-state index contributed by atoms with van der Waals surface area (Å²) in [6, 6.07) is 9.89. The molecule has 1 heterocycles. The second-order valence-electron chi connectivity index (χ2n) is 3.93. The molecular formula is C12H15FO2. The molecule has 1 aromatic carbocycles. The number of hydrogen-bond donors (Lipinski definition) is 0. The quantitative estimate of drug-likeness (QED) is 0.694. The molecule has 0 N–H and O–H groups in total. The van der Waals surface area contributed by atoms with E-state index >= 15 is 0 Å². The van der Waals surface area contributed by atoms with E-state index in [2.05, 4.69) is 0 Å². The van der Waals surface area contributed by atoms with Crippen LogP contribution >= 0.6 is 0 Å². The Morgan fingerprint density at radius 3 is 2.60 bits per heavy atom. The third-order valence-corrected chi connectivity index (χ3v) is 2.53. The SMILES string of the molecule is FC1(CCOCc2ccccc2)COC1. The largest absolute Gasteiger partial charge is 0.377 e. The van der Waals surface area contributed by atoms with Crippen LogP contribution < -0.4 is 0 Å². The van der Waals surface area contributed by atoms with Gasteiger partial charge in [0.1, 0.15) is 0 Å². The van der Waals surface area contributed by atoms with Crippen LogP contribution in [0.5, 0.6) is 0 Å². The third-order valence-electron chi connectivity index (χ3n) is 2.53. The van der Waals surface area contributed by atoms with Crippen molar-refractivity contribution in [3.05, 3.63) is 35.9 Å². The minimum atomic E-state index is -1.13. The lowest BCUT2D eigenvalue weighted by Gasteiger charge is -2.33. The van der Waals surface area contributed by atoms with Gasteiger partial charge in [0.25, 0.3) is 0 Å². The molecule has 2 rings (SSSR count). The van der Waals surface area contributed by atoms with E-state index in [0.29, 0.717) is 19.6 Å². The van der Waals surface area contributed by atoms with Gasteiger partial charge in [-0.05, 0) is 5.56 Å². The highest BCUT2D eigenvalue weighted by Gasteiger charge is 2.38. The number of hydrogen-bond acceptors (Lipinski definition) is 2. The second-order valence-corrected chi connectivity index (χ2v) is 3.93. The van der Waals surface area contributed by atoms with Crippen molar-refractivity contribution in [3.8, 4) is 0 Å². The van der Waals surface area contributed by atoms with E-state index in [4.69, 9.17) is 9.47 Å². The predicted molar refractivity (Wildman–Crippen MR) is 55.4 cm³/mol. The van der Waals surface area contributed by atoms with Crippen molar-refractivity contribution in [2.45, 2.75) is 18.7 Å². The van der Waals surface area contributed by atoms with Gasteiger partial charge in [-0.2, -0.15) is 0 Å². The Labute approximate surface area is 89.0 Å². The predicted octanol–water partition coefficient (Wildman–Crippen LogP) is 2.33. The van der Waals surface area contributed by atoms with Crippen molar-refractivity contribution in [1.29, 1.82) is 0 Å². The normalized spacial score (nSPS) is 18.5. The monoisotopic (exact) mass is 210 g/mol. The minimum absolute atomic E-state index is 0.224. The molecule has 15 heavy (non-hydrogen) atoms. The lowest BCUT2D eigenvalue weighted by molar-refractivity contribution is -0.141. The van der Waals surface area contributed by atoms with Crippen molar-refractivity contribution < 1.29 is 13.9 Å². The molecule has 0 atom stereocenters. The fraction of sp³-hybridized carbons (Fsp3) is 0.500. The second kappa shape index (κ2) is 4.73. The first kappa shape index (κ1) is 10.6. The standard InChI is InChI=1S/C12H15FO2/c13-12(9-15-10-12)6-7-14-8-11-4-2-1-3-5-11/h1-5H,6-10H2. The molecule has 82 valence electrons. The van der Waals surface area contributed by atoms with Crippen molar-refractivity contribution in [1.82, 2.24) is 0 Å². The minimum Gasteiger partial charge on any atom is -0.377 e. The van der Waals surface area contributed by atoms with Gasteiger partial charge in [-0.3, -0.25) is 0 Å². The molecule has 1 aliphatic heterocycles. The van der Waals surface area contributed by atoms with Gasteiger partial charge in [0.05, 0.1) is 26.4 Å². The highest BCUT2D eigenvalue weighted by Crippen LogP contribution is 2.25.